The van der Waals surface area contributed by atoms with Gasteiger partial charge in [-0.2, -0.15) is 0 Å². The molecule has 0 aliphatic rings. The van der Waals surface area contributed by atoms with Crippen LogP contribution in [0.3, 0.4) is 0 Å². The number of aromatic hydroxyl groups is 1. The van der Waals surface area contributed by atoms with Gasteiger partial charge in [0, 0.05) is 13.0 Å². The molecular formula is C9H10NO2. The van der Waals surface area contributed by atoms with Gasteiger partial charge in [-0.25, -0.2) is 0 Å². The Hall–Kier alpha value is -1.51. The molecule has 1 radical (unpaired) electrons. The predicted molar refractivity (Wildman–Crippen MR) is 46.0 cm³/mol. The van der Waals surface area contributed by atoms with Crippen LogP contribution in [-0.2, 0) is 4.79 Å². The Labute approximate surface area is 71.0 Å². The molecule has 2 N–H and O–H groups in total. The first kappa shape index (κ1) is 8.59. The maximum atomic E-state index is 10.6. The van der Waals surface area contributed by atoms with Crippen molar-refractivity contribution in [3.8, 4) is 5.75 Å². The fourth-order valence-corrected chi connectivity index (χ4v) is 0.874. The van der Waals surface area contributed by atoms with E-state index in [0.717, 1.165) is 5.56 Å². The lowest BCUT2D eigenvalue weighted by molar-refractivity contribution is -0.114. The minimum Gasteiger partial charge on any atom is -0.505 e. The summed E-state index contributed by atoms with van der Waals surface area (Å²) in [5.41, 5.74) is 1.23. The summed E-state index contributed by atoms with van der Waals surface area (Å²) < 4.78 is 0. The number of rotatable bonds is 1. The van der Waals surface area contributed by atoms with Gasteiger partial charge < -0.3 is 10.4 Å². The van der Waals surface area contributed by atoms with Crippen LogP contribution in [0.2, 0.25) is 0 Å². The van der Waals surface area contributed by atoms with E-state index in [1.54, 1.807) is 12.1 Å². The zero-order valence-electron chi connectivity index (χ0n) is 7.01. The Morgan fingerprint density at radius 2 is 2.25 bits per heavy atom. The van der Waals surface area contributed by atoms with E-state index in [0.29, 0.717) is 5.69 Å². The number of anilines is 1. The average molecular weight is 164 g/mol. The van der Waals surface area contributed by atoms with E-state index in [2.05, 4.69) is 11.4 Å². The van der Waals surface area contributed by atoms with Crippen LogP contribution in [0.25, 0.3) is 0 Å². The Kier molecular flexibility index (Phi) is 2.33. The van der Waals surface area contributed by atoms with Crippen molar-refractivity contribution in [3.63, 3.8) is 0 Å². The standard InChI is InChI=1S/C9H10NO2/c1-6-3-4-8(9(12)5-6)10-7(2)11/h3-4,12H,1-2H3,(H,10,11). The summed E-state index contributed by atoms with van der Waals surface area (Å²) in [4.78, 5) is 10.6. The molecule has 0 aromatic heterocycles. The van der Waals surface area contributed by atoms with Crippen molar-refractivity contribution in [2.45, 2.75) is 13.8 Å². The molecule has 0 unspecified atom stereocenters. The molecule has 0 aliphatic carbocycles. The molecule has 3 nitrogen and oxygen atoms in total. The van der Waals surface area contributed by atoms with E-state index < -0.39 is 0 Å². The molecule has 0 aliphatic heterocycles. The number of hydrogen-bond donors (Lipinski definition) is 2. The minimum absolute atomic E-state index is 0.0230. The van der Waals surface area contributed by atoms with Crippen molar-refractivity contribution in [1.29, 1.82) is 0 Å². The number of amides is 1. The first-order chi connectivity index (χ1) is 5.59. The largest absolute Gasteiger partial charge is 0.505 e. The van der Waals surface area contributed by atoms with Gasteiger partial charge >= 0.3 is 0 Å². The van der Waals surface area contributed by atoms with Gasteiger partial charge in [-0.05, 0) is 18.6 Å². The SMILES string of the molecule is CC(=O)Nc1ccc(C)[c]c1O. The highest BCUT2D eigenvalue weighted by Gasteiger charge is 2.01. The number of hydrogen-bond acceptors (Lipinski definition) is 2. The van der Waals surface area contributed by atoms with Crippen molar-refractivity contribution >= 4 is 11.6 Å². The van der Waals surface area contributed by atoms with Crippen LogP contribution >= 0.6 is 0 Å². The van der Waals surface area contributed by atoms with E-state index in [1.165, 1.54) is 6.92 Å². The predicted octanol–water partition coefficient (Wildman–Crippen LogP) is 1.46. The molecular weight excluding hydrogens is 154 g/mol. The molecule has 1 aromatic rings. The summed E-state index contributed by atoms with van der Waals surface area (Å²) in [6, 6.07) is 6.10. The van der Waals surface area contributed by atoms with E-state index in [1.807, 2.05) is 6.92 Å². The zero-order valence-corrected chi connectivity index (χ0v) is 7.01. The Balaban J connectivity index is 2.93. The number of aryl methyl sites for hydroxylation is 1. The summed E-state index contributed by atoms with van der Waals surface area (Å²) in [6.07, 6.45) is 0. The molecule has 1 rings (SSSR count). The number of nitrogens with one attached hydrogen (secondary N) is 1. The van der Waals surface area contributed by atoms with Crippen molar-refractivity contribution in [2.75, 3.05) is 5.32 Å². The second-order valence-electron chi connectivity index (χ2n) is 2.58. The van der Waals surface area contributed by atoms with Gasteiger partial charge in [0.05, 0.1) is 5.69 Å². The van der Waals surface area contributed by atoms with E-state index in [9.17, 15) is 9.90 Å². The fourth-order valence-electron chi connectivity index (χ4n) is 0.874. The number of carbonyl (C=O) groups is 1. The molecule has 0 saturated carbocycles. The Morgan fingerprint density at radius 3 is 2.75 bits per heavy atom. The van der Waals surface area contributed by atoms with Crippen LogP contribution in [-0.4, -0.2) is 11.0 Å². The molecule has 63 valence electrons. The number of benzene rings is 1. The van der Waals surface area contributed by atoms with Gasteiger partial charge in [-0.3, -0.25) is 4.79 Å². The van der Waals surface area contributed by atoms with E-state index in [-0.39, 0.29) is 11.7 Å². The van der Waals surface area contributed by atoms with Crippen LogP contribution in [0.15, 0.2) is 12.1 Å². The minimum atomic E-state index is -0.206. The molecule has 12 heavy (non-hydrogen) atoms. The van der Waals surface area contributed by atoms with Crippen molar-refractivity contribution in [3.05, 3.63) is 23.8 Å². The van der Waals surface area contributed by atoms with E-state index in [4.69, 9.17) is 0 Å². The molecule has 3 heteroatoms. The van der Waals surface area contributed by atoms with Crippen LogP contribution < -0.4 is 5.32 Å². The lowest BCUT2D eigenvalue weighted by Crippen LogP contribution is -2.05. The first-order valence-corrected chi connectivity index (χ1v) is 3.59. The number of phenolic OH excluding ortho intramolecular Hbond substituents is 1. The molecule has 0 heterocycles. The van der Waals surface area contributed by atoms with Crippen LogP contribution in [0.1, 0.15) is 12.5 Å². The van der Waals surface area contributed by atoms with E-state index >= 15 is 0 Å². The van der Waals surface area contributed by atoms with Gasteiger partial charge in [-0.15, -0.1) is 0 Å². The monoisotopic (exact) mass is 164 g/mol. The first-order valence-electron chi connectivity index (χ1n) is 3.59. The topological polar surface area (TPSA) is 49.3 Å². The maximum absolute atomic E-state index is 10.6. The third-order valence-electron chi connectivity index (χ3n) is 1.38. The second-order valence-corrected chi connectivity index (χ2v) is 2.58. The maximum Gasteiger partial charge on any atom is 0.221 e. The second kappa shape index (κ2) is 3.26. The van der Waals surface area contributed by atoms with Crippen molar-refractivity contribution < 1.29 is 9.90 Å². The highest BCUT2D eigenvalue weighted by Crippen LogP contribution is 2.22. The van der Waals surface area contributed by atoms with Gasteiger partial charge in [-0.1, -0.05) is 6.07 Å². The summed E-state index contributed by atoms with van der Waals surface area (Å²) in [7, 11) is 0. The molecule has 0 spiro atoms. The molecule has 0 fully saturated rings. The zero-order chi connectivity index (χ0) is 9.14. The molecule has 0 saturated heterocycles. The Bertz CT molecular complexity index is 307. The summed E-state index contributed by atoms with van der Waals surface area (Å²) in [6.45, 7) is 3.20. The number of phenols is 1. The average Bonchev–Trinajstić information content (AvgIpc) is 1.94. The van der Waals surface area contributed by atoms with Gasteiger partial charge in [0.1, 0.15) is 5.75 Å². The molecule has 0 atom stereocenters. The van der Waals surface area contributed by atoms with Crippen molar-refractivity contribution in [2.24, 2.45) is 0 Å². The van der Waals surface area contributed by atoms with Gasteiger partial charge in [0.15, 0.2) is 0 Å². The Morgan fingerprint density at radius 1 is 1.58 bits per heavy atom. The molecule has 0 bridgehead atoms. The smallest absolute Gasteiger partial charge is 0.221 e. The van der Waals surface area contributed by atoms with Crippen molar-refractivity contribution in [1.82, 2.24) is 0 Å². The van der Waals surface area contributed by atoms with Gasteiger partial charge in [0.2, 0.25) is 5.91 Å². The number of carbonyl (C=O) groups excluding carboxylic acids is 1. The quantitative estimate of drug-likeness (QED) is 0.617. The van der Waals surface area contributed by atoms with Crippen LogP contribution in [0, 0.1) is 13.0 Å². The third kappa shape index (κ3) is 1.99. The van der Waals surface area contributed by atoms with Gasteiger partial charge in [0.25, 0.3) is 0 Å². The lowest BCUT2D eigenvalue weighted by atomic mass is 10.2. The highest BCUT2D eigenvalue weighted by molar-refractivity contribution is 5.90. The summed E-state index contributed by atoms with van der Waals surface area (Å²) in [5, 5.41) is 11.8. The molecule has 1 aromatic carbocycles. The third-order valence-corrected chi connectivity index (χ3v) is 1.38. The van der Waals surface area contributed by atoms with Crippen LogP contribution in [0.4, 0.5) is 5.69 Å². The van der Waals surface area contributed by atoms with Crippen LogP contribution in [0.5, 0.6) is 5.75 Å². The lowest BCUT2D eigenvalue weighted by Gasteiger charge is -2.04. The fraction of sp³-hybridized carbons (Fsp3) is 0.222. The highest BCUT2D eigenvalue weighted by atomic mass is 16.3. The summed E-state index contributed by atoms with van der Waals surface area (Å²) in [5.74, 6) is -0.229. The normalized spacial score (nSPS) is 9.50. The summed E-state index contributed by atoms with van der Waals surface area (Å²) >= 11 is 0. The molecule has 1 amide bonds.